The molecular weight excluding hydrogens is 301 g/mol. The molecule has 5 heteroatoms. The molecule has 1 aromatic rings. The Morgan fingerprint density at radius 2 is 2.17 bits per heavy atom. The minimum absolute atomic E-state index is 0.118. The number of carbonyl (C=O) groups excluding carboxylic acids is 1. The van der Waals surface area contributed by atoms with Gasteiger partial charge in [-0.25, -0.2) is 4.39 Å². The fourth-order valence-corrected chi connectivity index (χ4v) is 2.03. The molecule has 3 nitrogen and oxygen atoms in total. The van der Waals surface area contributed by atoms with E-state index in [1.165, 1.54) is 6.07 Å². The largest absolute Gasteiger partial charge is 0.383 e. The number of hydrogen-bond donors (Lipinski definition) is 0. The van der Waals surface area contributed by atoms with Crippen molar-refractivity contribution in [1.82, 2.24) is 4.90 Å². The second-order valence-corrected chi connectivity index (χ2v) is 4.70. The van der Waals surface area contributed by atoms with Crippen molar-refractivity contribution in [1.29, 1.82) is 0 Å². The van der Waals surface area contributed by atoms with E-state index in [0.29, 0.717) is 30.6 Å². The van der Waals surface area contributed by atoms with Gasteiger partial charge in [0.05, 0.1) is 12.2 Å². The van der Waals surface area contributed by atoms with E-state index >= 15 is 0 Å². The maximum absolute atomic E-state index is 13.9. The fraction of sp³-hybridized carbons (Fsp3) is 0.462. The van der Waals surface area contributed by atoms with Crippen LogP contribution in [0.4, 0.5) is 4.39 Å². The molecule has 0 unspecified atom stereocenters. The van der Waals surface area contributed by atoms with Gasteiger partial charge in [0.2, 0.25) is 0 Å². The molecule has 0 saturated carbocycles. The molecule has 1 aromatic carbocycles. The van der Waals surface area contributed by atoms with Gasteiger partial charge in [0, 0.05) is 25.5 Å². The lowest BCUT2D eigenvalue weighted by Crippen LogP contribution is -2.36. The van der Waals surface area contributed by atoms with Crippen molar-refractivity contribution in [3.05, 3.63) is 35.1 Å². The van der Waals surface area contributed by atoms with Gasteiger partial charge in [0.15, 0.2) is 0 Å². The molecule has 0 aromatic heterocycles. The number of amides is 1. The van der Waals surface area contributed by atoms with E-state index in [0.717, 1.165) is 0 Å². The first-order chi connectivity index (χ1) is 8.61. The Kier molecular flexibility index (Phi) is 6.29. The lowest BCUT2D eigenvalue weighted by Gasteiger charge is -2.21. The molecule has 0 aliphatic heterocycles. The van der Waals surface area contributed by atoms with Crippen molar-refractivity contribution >= 4 is 21.8 Å². The quantitative estimate of drug-likeness (QED) is 0.755. The highest BCUT2D eigenvalue weighted by atomic mass is 79.9. The minimum Gasteiger partial charge on any atom is -0.383 e. The lowest BCUT2D eigenvalue weighted by atomic mass is 10.1. The van der Waals surface area contributed by atoms with E-state index < -0.39 is 5.82 Å². The number of hydrogen-bond acceptors (Lipinski definition) is 2. The van der Waals surface area contributed by atoms with E-state index in [4.69, 9.17) is 4.74 Å². The Hall–Kier alpha value is -0.940. The summed E-state index contributed by atoms with van der Waals surface area (Å²) in [6.07, 6.45) is 0. The number of ether oxygens (including phenoxy) is 1. The zero-order valence-electron chi connectivity index (χ0n) is 10.6. The summed E-state index contributed by atoms with van der Waals surface area (Å²) in [5, 5.41) is 0.649. The summed E-state index contributed by atoms with van der Waals surface area (Å²) >= 11 is 3.29. The first kappa shape index (κ1) is 15.1. The first-order valence-corrected chi connectivity index (χ1v) is 6.83. The highest BCUT2D eigenvalue weighted by Gasteiger charge is 2.19. The van der Waals surface area contributed by atoms with Crippen LogP contribution in [0.2, 0.25) is 0 Å². The summed E-state index contributed by atoms with van der Waals surface area (Å²) in [6.45, 7) is 3.06. The van der Waals surface area contributed by atoms with E-state index in [1.54, 1.807) is 31.1 Å². The van der Waals surface area contributed by atoms with Crippen LogP contribution >= 0.6 is 15.9 Å². The number of aryl methyl sites for hydroxylation is 1. The molecule has 0 atom stereocenters. The summed E-state index contributed by atoms with van der Waals surface area (Å²) in [5.41, 5.74) is 0.596. The maximum atomic E-state index is 13.9. The zero-order chi connectivity index (χ0) is 13.5. The van der Waals surface area contributed by atoms with E-state index in [-0.39, 0.29) is 11.5 Å². The number of halogens is 2. The highest BCUT2D eigenvalue weighted by molar-refractivity contribution is 9.09. The third-order valence-corrected chi connectivity index (χ3v) is 2.98. The van der Waals surface area contributed by atoms with Gasteiger partial charge in [0.1, 0.15) is 5.82 Å². The molecule has 0 fully saturated rings. The van der Waals surface area contributed by atoms with Gasteiger partial charge in [-0.05, 0) is 18.6 Å². The van der Waals surface area contributed by atoms with Crippen LogP contribution in [0.5, 0.6) is 0 Å². The molecule has 1 rings (SSSR count). The third-order valence-electron chi connectivity index (χ3n) is 2.63. The molecule has 0 spiro atoms. The molecule has 0 heterocycles. The fourth-order valence-electron chi connectivity index (χ4n) is 1.60. The predicted molar refractivity (Wildman–Crippen MR) is 72.7 cm³/mol. The van der Waals surface area contributed by atoms with Crippen LogP contribution in [0.1, 0.15) is 15.9 Å². The SMILES string of the molecule is COCCN(CCBr)C(=O)c1cccc(C)c1F. The second-order valence-electron chi connectivity index (χ2n) is 3.91. The van der Waals surface area contributed by atoms with Crippen molar-refractivity contribution in [2.75, 3.05) is 32.1 Å². The van der Waals surface area contributed by atoms with Gasteiger partial charge in [-0.15, -0.1) is 0 Å². The third kappa shape index (κ3) is 3.78. The Morgan fingerprint density at radius 1 is 1.44 bits per heavy atom. The summed E-state index contributed by atoms with van der Waals surface area (Å²) < 4.78 is 18.8. The number of methoxy groups -OCH3 is 1. The number of carbonyl (C=O) groups is 1. The van der Waals surface area contributed by atoms with Crippen molar-refractivity contribution in [3.63, 3.8) is 0 Å². The summed E-state index contributed by atoms with van der Waals surface area (Å²) in [5.74, 6) is -0.743. The topological polar surface area (TPSA) is 29.5 Å². The van der Waals surface area contributed by atoms with Gasteiger partial charge in [-0.3, -0.25) is 4.79 Å². The molecule has 18 heavy (non-hydrogen) atoms. The average molecular weight is 318 g/mol. The molecule has 0 bridgehead atoms. The van der Waals surface area contributed by atoms with Crippen LogP contribution in [-0.2, 0) is 4.74 Å². The molecular formula is C13H17BrFNO2. The van der Waals surface area contributed by atoms with E-state index in [2.05, 4.69) is 15.9 Å². The van der Waals surface area contributed by atoms with Crippen LogP contribution < -0.4 is 0 Å². The van der Waals surface area contributed by atoms with Crippen LogP contribution in [0.3, 0.4) is 0 Å². The monoisotopic (exact) mass is 317 g/mol. The van der Waals surface area contributed by atoms with Gasteiger partial charge >= 0.3 is 0 Å². The summed E-state index contributed by atoms with van der Waals surface area (Å²) in [4.78, 5) is 13.8. The van der Waals surface area contributed by atoms with Crippen molar-refractivity contribution in [2.45, 2.75) is 6.92 Å². The standard InChI is InChI=1S/C13H17BrFNO2/c1-10-4-3-5-11(12(10)15)13(17)16(7-6-14)8-9-18-2/h3-5H,6-9H2,1-2H3. The van der Waals surface area contributed by atoms with Gasteiger partial charge < -0.3 is 9.64 Å². The zero-order valence-corrected chi connectivity index (χ0v) is 12.2. The van der Waals surface area contributed by atoms with Crippen molar-refractivity contribution < 1.29 is 13.9 Å². The van der Waals surface area contributed by atoms with Gasteiger partial charge in [0.25, 0.3) is 5.91 Å². The second kappa shape index (κ2) is 7.48. The summed E-state index contributed by atoms with van der Waals surface area (Å²) in [7, 11) is 1.57. The van der Waals surface area contributed by atoms with Crippen LogP contribution in [0, 0.1) is 12.7 Å². The van der Waals surface area contributed by atoms with Gasteiger partial charge in [-0.1, -0.05) is 28.1 Å². The number of nitrogens with zero attached hydrogens (tertiary/aromatic N) is 1. The normalized spacial score (nSPS) is 10.4. The predicted octanol–water partition coefficient (Wildman–Crippen LogP) is 2.62. The lowest BCUT2D eigenvalue weighted by molar-refractivity contribution is 0.0704. The molecule has 0 aliphatic rings. The Bertz CT molecular complexity index is 412. The summed E-state index contributed by atoms with van der Waals surface area (Å²) in [6, 6.07) is 4.85. The molecule has 0 radical (unpaired) electrons. The van der Waals surface area contributed by atoms with Crippen molar-refractivity contribution in [2.24, 2.45) is 0 Å². The van der Waals surface area contributed by atoms with E-state index in [1.807, 2.05) is 0 Å². The minimum atomic E-state index is -0.445. The number of rotatable bonds is 6. The number of alkyl halides is 1. The molecule has 0 saturated heterocycles. The maximum Gasteiger partial charge on any atom is 0.256 e. The Morgan fingerprint density at radius 3 is 2.78 bits per heavy atom. The van der Waals surface area contributed by atoms with E-state index in [9.17, 15) is 9.18 Å². The average Bonchev–Trinajstić information content (AvgIpc) is 2.37. The smallest absolute Gasteiger partial charge is 0.256 e. The van der Waals surface area contributed by atoms with Crippen LogP contribution in [-0.4, -0.2) is 42.9 Å². The Labute approximate surface area is 115 Å². The molecule has 1 amide bonds. The highest BCUT2D eigenvalue weighted by Crippen LogP contribution is 2.14. The van der Waals surface area contributed by atoms with Crippen LogP contribution in [0.25, 0.3) is 0 Å². The molecule has 100 valence electrons. The molecule has 0 N–H and O–H groups in total. The van der Waals surface area contributed by atoms with Crippen molar-refractivity contribution in [3.8, 4) is 0 Å². The van der Waals surface area contributed by atoms with Crippen LogP contribution in [0.15, 0.2) is 18.2 Å². The Balaban J connectivity index is 2.90. The first-order valence-electron chi connectivity index (χ1n) is 5.71. The molecule has 0 aliphatic carbocycles. The van der Waals surface area contributed by atoms with Gasteiger partial charge in [-0.2, -0.15) is 0 Å². The number of benzene rings is 1.